The van der Waals surface area contributed by atoms with Crippen molar-refractivity contribution in [2.75, 3.05) is 13.2 Å². The molecule has 5 nitrogen and oxygen atoms in total. The largest absolute Gasteiger partial charge is 0.379 e. The van der Waals surface area contributed by atoms with E-state index in [2.05, 4.69) is 10.3 Å². The van der Waals surface area contributed by atoms with E-state index in [1.165, 1.54) is 0 Å². The molecule has 0 bridgehead atoms. The van der Waals surface area contributed by atoms with E-state index in [1.807, 2.05) is 36.6 Å². The Hall–Kier alpha value is -1.76. The summed E-state index contributed by atoms with van der Waals surface area (Å²) in [6.07, 6.45) is 1.02. The maximum atomic E-state index is 12.4. The quantitative estimate of drug-likeness (QED) is 0.873. The molecular weight excluding hydrogens is 324 g/mol. The monoisotopic (exact) mass is 346 g/mol. The van der Waals surface area contributed by atoms with Crippen LogP contribution >= 0.6 is 11.3 Å². The third-order valence-corrected chi connectivity index (χ3v) is 4.83. The third-order valence-electron chi connectivity index (χ3n) is 4.19. The molecule has 0 radical (unpaired) electrons. The second-order valence-electron chi connectivity index (χ2n) is 5.97. The molecule has 1 aromatic heterocycles. The first kappa shape index (κ1) is 17.1. The van der Waals surface area contributed by atoms with Gasteiger partial charge < -0.3 is 14.8 Å². The number of rotatable bonds is 6. The fourth-order valence-corrected chi connectivity index (χ4v) is 3.32. The van der Waals surface area contributed by atoms with Crippen LogP contribution in [0.3, 0.4) is 0 Å². The molecular formula is C18H22N2O3S. The Kier molecular flexibility index (Phi) is 5.96. The van der Waals surface area contributed by atoms with Crippen molar-refractivity contribution in [3.63, 3.8) is 0 Å². The van der Waals surface area contributed by atoms with Gasteiger partial charge in [-0.2, -0.15) is 0 Å². The minimum atomic E-state index is -0.138. The van der Waals surface area contributed by atoms with Crippen LogP contribution in [0.5, 0.6) is 0 Å². The Morgan fingerprint density at radius 2 is 2.33 bits per heavy atom. The molecule has 0 spiro atoms. The van der Waals surface area contributed by atoms with Crippen LogP contribution in [-0.4, -0.2) is 36.3 Å². The van der Waals surface area contributed by atoms with Crippen LogP contribution in [0.1, 0.15) is 23.2 Å². The molecule has 2 aromatic rings. The van der Waals surface area contributed by atoms with Gasteiger partial charge in [0.1, 0.15) is 6.10 Å². The van der Waals surface area contributed by atoms with Gasteiger partial charge in [0.05, 0.1) is 36.9 Å². The van der Waals surface area contributed by atoms with Gasteiger partial charge in [0, 0.05) is 12.0 Å². The van der Waals surface area contributed by atoms with E-state index in [4.69, 9.17) is 9.47 Å². The number of nitrogens with one attached hydrogen (secondary N) is 1. The Bertz CT molecular complexity index is 660. The Morgan fingerprint density at radius 3 is 3.12 bits per heavy atom. The van der Waals surface area contributed by atoms with Crippen molar-refractivity contribution in [3.05, 3.63) is 52.0 Å². The summed E-state index contributed by atoms with van der Waals surface area (Å²) in [6.45, 7) is 3.61. The van der Waals surface area contributed by atoms with Gasteiger partial charge in [-0.3, -0.25) is 4.79 Å². The smallest absolute Gasteiger partial charge is 0.224 e. The lowest BCUT2D eigenvalue weighted by Gasteiger charge is -2.32. The van der Waals surface area contributed by atoms with Crippen LogP contribution in [0, 0.1) is 6.92 Å². The molecule has 6 heteroatoms. The summed E-state index contributed by atoms with van der Waals surface area (Å²) >= 11 is 1.55. The van der Waals surface area contributed by atoms with E-state index in [0.29, 0.717) is 26.2 Å². The topological polar surface area (TPSA) is 60.5 Å². The molecule has 1 N–H and O–H groups in total. The number of nitrogens with zero attached hydrogens (tertiary/aromatic N) is 1. The molecule has 0 aliphatic carbocycles. The van der Waals surface area contributed by atoms with Crippen LogP contribution < -0.4 is 5.32 Å². The molecule has 2 atom stereocenters. The summed E-state index contributed by atoms with van der Waals surface area (Å²) < 4.78 is 11.4. The summed E-state index contributed by atoms with van der Waals surface area (Å²) in [4.78, 5) is 16.6. The molecule has 0 unspecified atom stereocenters. The first-order valence-electron chi connectivity index (χ1n) is 8.12. The van der Waals surface area contributed by atoms with Crippen LogP contribution in [0.4, 0.5) is 0 Å². The van der Waals surface area contributed by atoms with Gasteiger partial charge >= 0.3 is 0 Å². The Labute approximate surface area is 146 Å². The summed E-state index contributed by atoms with van der Waals surface area (Å²) in [5, 5.41) is 5.08. The highest BCUT2D eigenvalue weighted by atomic mass is 32.1. The predicted molar refractivity (Wildman–Crippen MR) is 92.9 cm³/mol. The fourth-order valence-electron chi connectivity index (χ4n) is 2.78. The van der Waals surface area contributed by atoms with Gasteiger partial charge in [-0.05, 0) is 24.5 Å². The van der Waals surface area contributed by atoms with Gasteiger partial charge in [0.25, 0.3) is 0 Å². The van der Waals surface area contributed by atoms with Gasteiger partial charge in [-0.15, -0.1) is 11.3 Å². The summed E-state index contributed by atoms with van der Waals surface area (Å²) in [7, 11) is 0. The molecule has 3 rings (SSSR count). The average molecular weight is 346 g/mol. The molecule has 0 saturated carbocycles. The zero-order valence-corrected chi connectivity index (χ0v) is 14.6. The Morgan fingerprint density at radius 1 is 1.46 bits per heavy atom. The minimum Gasteiger partial charge on any atom is -0.379 e. The lowest BCUT2D eigenvalue weighted by molar-refractivity contribution is -0.126. The molecule has 1 amide bonds. The zero-order valence-electron chi connectivity index (χ0n) is 13.7. The lowest BCUT2D eigenvalue weighted by Crippen LogP contribution is -2.50. The highest BCUT2D eigenvalue weighted by Gasteiger charge is 2.28. The number of aryl methyl sites for hydroxylation is 1. The Balaban J connectivity index is 1.55. The predicted octanol–water partition coefficient (Wildman–Crippen LogP) is 2.48. The summed E-state index contributed by atoms with van der Waals surface area (Å²) in [6, 6.07) is 7.95. The van der Waals surface area contributed by atoms with E-state index >= 15 is 0 Å². The van der Waals surface area contributed by atoms with E-state index < -0.39 is 0 Å². The summed E-state index contributed by atoms with van der Waals surface area (Å²) in [5.74, 6) is 0.0264. The molecule has 1 saturated heterocycles. The molecule has 1 aliphatic rings. The SMILES string of the molecule is Cc1ccccc1CC(=O)N[C@@H]1CCOC[C@H]1OCc1cscn1. The highest BCUT2D eigenvalue weighted by Crippen LogP contribution is 2.15. The molecule has 2 heterocycles. The number of hydrogen-bond acceptors (Lipinski definition) is 5. The van der Waals surface area contributed by atoms with Gasteiger partial charge in [0.2, 0.25) is 5.91 Å². The maximum absolute atomic E-state index is 12.4. The first-order valence-corrected chi connectivity index (χ1v) is 9.07. The van der Waals surface area contributed by atoms with E-state index in [-0.39, 0.29) is 18.1 Å². The summed E-state index contributed by atoms with van der Waals surface area (Å²) in [5.41, 5.74) is 4.89. The van der Waals surface area contributed by atoms with Gasteiger partial charge in [0.15, 0.2) is 0 Å². The molecule has 1 fully saturated rings. The minimum absolute atomic E-state index is 0.0195. The molecule has 1 aromatic carbocycles. The second-order valence-corrected chi connectivity index (χ2v) is 6.69. The van der Waals surface area contributed by atoms with E-state index in [0.717, 1.165) is 23.2 Å². The molecule has 1 aliphatic heterocycles. The van der Waals surface area contributed by atoms with Crippen molar-refractivity contribution in [2.24, 2.45) is 0 Å². The standard InChI is InChI=1S/C18H22N2O3S/c1-13-4-2-3-5-14(13)8-18(21)20-16-6-7-22-10-17(16)23-9-15-11-24-12-19-15/h2-5,11-12,16-17H,6-10H2,1H3,(H,20,21)/t16-,17-/m1/s1. The number of aromatic nitrogens is 1. The average Bonchev–Trinajstić information content (AvgIpc) is 3.10. The van der Waals surface area contributed by atoms with E-state index in [9.17, 15) is 4.79 Å². The number of carbonyl (C=O) groups excluding carboxylic acids is 1. The number of ether oxygens (including phenoxy) is 2. The van der Waals surface area contributed by atoms with E-state index in [1.54, 1.807) is 16.8 Å². The zero-order chi connectivity index (χ0) is 16.8. The van der Waals surface area contributed by atoms with Crippen LogP contribution in [0.15, 0.2) is 35.2 Å². The van der Waals surface area contributed by atoms with Crippen LogP contribution in [-0.2, 0) is 27.3 Å². The van der Waals surface area contributed by atoms with Crippen molar-refractivity contribution in [2.45, 2.75) is 38.5 Å². The fraction of sp³-hybridized carbons (Fsp3) is 0.444. The number of thiazole rings is 1. The highest BCUT2D eigenvalue weighted by molar-refractivity contribution is 7.07. The van der Waals surface area contributed by atoms with Crippen molar-refractivity contribution < 1.29 is 14.3 Å². The lowest BCUT2D eigenvalue weighted by atomic mass is 10.0. The molecule has 24 heavy (non-hydrogen) atoms. The maximum Gasteiger partial charge on any atom is 0.224 e. The normalized spacial score (nSPS) is 20.7. The number of hydrogen-bond donors (Lipinski definition) is 1. The van der Waals surface area contributed by atoms with Crippen LogP contribution in [0.25, 0.3) is 0 Å². The number of benzene rings is 1. The van der Waals surface area contributed by atoms with Gasteiger partial charge in [-0.1, -0.05) is 24.3 Å². The number of carbonyl (C=O) groups is 1. The first-order chi connectivity index (χ1) is 11.7. The number of amides is 1. The van der Waals surface area contributed by atoms with Crippen molar-refractivity contribution >= 4 is 17.2 Å². The van der Waals surface area contributed by atoms with Gasteiger partial charge in [-0.25, -0.2) is 4.98 Å². The van der Waals surface area contributed by atoms with Crippen molar-refractivity contribution in [3.8, 4) is 0 Å². The van der Waals surface area contributed by atoms with Crippen molar-refractivity contribution in [1.29, 1.82) is 0 Å². The van der Waals surface area contributed by atoms with Crippen molar-refractivity contribution in [1.82, 2.24) is 10.3 Å². The molecule has 128 valence electrons. The second kappa shape index (κ2) is 8.37. The third kappa shape index (κ3) is 4.63. The van der Waals surface area contributed by atoms with Crippen LogP contribution in [0.2, 0.25) is 0 Å².